The fourth-order valence-corrected chi connectivity index (χ4v) is 2.15. The van der Waals surface area contributed by atoms with E-state index < -0.39 is 21.0 Å². The van der Waals surface area contributed by atoms with Gasteiger partial charge in [0.2, 0.25) is 5.09 Å². The van der Waals surface area contributed by atoms with Crippen molar-refractivity contribution in [3.05, 3.63) is 36.1 Å². The fourth-order valence-electron chi connectivity index (χ4n) is 1.69. The standard InChI is InChI=1S/C13H14N2O6S/c1-19-8-3-4-10(20-2)9(7-8)15-13(16)11-5-6-12(21-11)22(14,17)18/h3-7H,1-2H3,(H,15,16)(H2,14,17,18). The Hall–Kier alpha value is -2.52. The van der Waals surface area contributed by atoms with Crippen LogP contribution in [-0.4, -0.2) is 28.5 Å². The number of ether oxygens (including phenoxy) is 2. The third kappa shape index (κ3) is 3.38. The zero-order chi connectivity index (χ0) is 16.3. The fraction of sp³-hybridized carbons (Fsp3) is 0.154. The third-order valence-corrected chi connectivity index (χ3v) is 3.52. The van der Waals surface area contributed by atoms with Crippen molar-refractivity contribution in [1.29, 1.82) is 0 Å². The molecule has 1 aromatic heterocycles. The third-order valence-electron chi connectivity index (χ3n) is 2.74. The number of nitrogens with two attached hydrogens (primary N) is 1. The van der Waals surface area contributed by atoms with Gasteiger partial charge in [0.25, 0.3) is 15.9 Å². The molecule has 1 heterocycles. The van der Waals surface area contributed by atoms with Crippen molar-refractivity contribution in [1.82, 2.24) is 0 Å². The topological polar surface area (TPSA) is 121 Å². The minimum absolute atomic E-state index is 0.200. The highest BCUT2D eigenvalue weighted by Gasteiger charge is 2.18. The molecule has 0 spiro atoms. The molecule has 0 atom stereocenters. The number of primary sulfonamides is 1. The van der Waals surface area contributed by atoms with Gasteiger partial charge in [-0.1, -0.05) is 0 Å². The Bertz CT molecular complexity index is 797. The SMILES string of the molecule is COc1ccc(OC)c(NC(=O)c2ccc(S(N)(=O)=O)o2)c1. The van der Waals surface area contributed by atoms with Crippen molar-refractivity contribution < 1.29 is 27.1 Å². The molecule has 0 saturated carbocycles. The number of rotatable bonds is 5. The zero-order valence-electron chi connectivity index (χ0n) is 11.8. The molecule has 22 heavy (non-hydrogen) atoms. The van der Waals surface area contributed by atoms with Crippen LogP contribution in [0.5, 0.6) is 11.5 Å². The van der Waals surface area contributed by atoms with Crippen molar-refractivity contribution >= 4 is 21.6 Å². The van der Waals surface area contributed by atoms with Crippen LogP contribution in [-0.2, 0) is 10.0 Å². The summed E-state index contributed by atoms with van der Waals surface area (Å²) in [6.45, 7) is 0. The average molecular weight is 326 g/mol. The molecule has 3 N–H and O–H groups in total. The van der Waals surface area contributed by atoms with E-state index in [-0.39, 0.29) is 5.76 Å². The van der Waals surface area contributed by atoms with Crippen LogP contribution in [0.15, 0.2) is 39.8 Å². The van der Waals surface area contributed by atoms with E-state index in [9.17, 15) is 13.2 Å². The number of carbonyl (C=O) groups excluding carboxylic acids is 1. The predicted molar refractivity (Wildman–Crippen MR) is 77.6 cm³/mol. The lowest BCUT2D eigenvalue weighted by atomic mass is 10.2. The molecule has 0 saturated heterocycles. The van der Waals surface area contributed by atoms with E-state index in [1.807, 2.05) is 0 Å². The summed E-state index contributed by atoms with van der Waals surface area (Å²) in [6, 6.07) is 7.15. The lowest BCUT2D eigenvalue weighted by Crippen LogP contribution is -2.13. The molecule has 118 valence electrons. The number of carbonyl (C=O) groups is 1. The molecule has 0 bridgehead atoms. The maximum Gasteiger partial charge on any atom is 0.291 e. The second kappa shape index (κ2) is 6.08. The average Bonchev–Trinajstić information content (AvgIpc) is 2.97. The molecule has 0 aliphatic heterocycles. The number of sulfonamides is 1. The van der Waals surface area contributed by atoms with E-state index in [1.165, 1.54) is 20.3 Å². The van der Waals surface area contributed by atoms with E-state index in [2.05, 4.69) is 5.32 Å². The number of amides is 1. The highest BCUT2D eigenvalue weighted by molar-refractivity contribution is 7.89. The quantitative estimate of drug-likeness (QED) is 0.851. The van der Waals surface area contributed by atoms with Gasteiger partial charge in [0, 0.05) is 6.07 Å². The molecular weight excluding hydrogens is 312 g/mol. The maximum absolute atomic E-state index is 12.1. The van der Waals surface area contributed by atoms with Crippen molar-refractivity contribution in [3.63, 3.8) is 0 Å². The van der Waals surface area contributed by atoms with Crippen LogP contribution in [0, 0.1) is 0 Å². The number of furan rings is 1. The largest absolute Gasteiger partial charge is 0.497 e. The molecule has 2 aromatic rings. The van der Waals surface area contributed by atoms with Gasteiger partial charge in [0.05, 0.1) is 19.9 Å². The molecular formula is C13H14N2O6S. The van der Waals surface area contributed by atoms with Crippen LogP contribution < -0.4 is 19.9 Å². The molecule has 8 nitrogen and oxygen atoms in total. The summed E-state index contributed by atoms with van der Waals surface area (Å²) in [4.78, 5) is 12.1. The van der Waals surface area contributed by atoms with Gasteiger partial charge in [-0.25, -0.2) is 13.6 Å². The minimum Gasteiger partial charge on any atom is -0.497 e. The molecule has 9 heteroatoms. The Morgan fingerprint density at radius 1 is 1.18 bits per heavy atom. The Kier molecular flexibility index (Phi) is 4.38. The van der Waals surface area contributed by atoms with Gasteiger partial charge >= 0.3 is 0 Å². The van der Waals surface area contributed by atoms with E-state index in [1.54, 1.807) is 18.2 Å². The zero-order valence-corrected chi connectivity index (χ0v) is 12.6. The summed E-state index contributed by atoms with van der Waals surface area (Å²) >= 11 is 0. The number of benzene rings is 1. The summed E-state index contributed by atoms with van der Waals surface area (Å²) in [5.74, 6) is 0.0727. The number of anilines is 1. The van der Waals surface area contributed by atoms with Crippen molar-refractivity contribution in [2.45, 2.75) is 5.09 Å². The van der Waals surface area contributed by atoms with Crippen molar-refractivity contribution in [2.75, 3.05) is 19.5 Å². The molecule has 0 unspecified atom stereocenters. The van der Waals surface area contributed by atoms with Crippen LogP contribution in [0.1, 0.15) is 10.6 Å². The van der Waals surface area contributed by atoms with Crippen molar-refractivity contribution in [3.8, 4) is 11.5 Å². The smallest absolute Gasteiger partial charge is 0.291 e. The maximum atomic E-state index is 12.1. The Labute approximate surface area is 126 Å². The molecule has 0 radical (unpaired) electrons. The van der Waals surface area contributed by atoms with E-state index in [0.29, 0.717) is 17.2 Å². The van der Waals surface area contributed by atoms with Gasteiger partial charge in [0.1, 0.15) is 11.5 Å². The van der Waals surface area contributed by atoms with Gasteiger partial charge in [-0.2, -0.15) is 0 Å². The predicted octanol–water partition coefficient (Wildman–Crippen LogP) is 1.20. The van der Waals surface area contributed by atoms with Crippen LogP contribution >= 0.6 is 0 Å². The van der Waals surface area contributed by atoms with E-state index in [4.69, 9.17) is 19.0 Å². The molecule has 1 amide bonds. The molecule has 0 aliphatic rings. The van der Waals surface area contributed by atoms with Crippen LogP contribution in [0.2, 0.25) is 0 Å². The first-order chi connectivity index (χ1) is 10.3. The molecule has 0 aliphatic carbocycles. The van der Waals surface area contributed by atoms with Crippen molar-refractivity contribution in [2.24, 2.45) is 5.14 Å². The molecule has 0 fully saturated rings. The van der Waals surface area contributed by atoms with Gasteiger partial charge < -0.3 is 19.2 Å². The Morgan fingerprint density at radius 2 is 1.91 bits per heavy atom. The summed E-state index contributed by atoms with van der Waals surface area (Å²) in [5, 5.41) is 6.97. The van der Waals surface area contributed by atoms with Gasteiger partial charge in [0.15, 0.2) is 5.76 Å². The normalized spacial score (nSPS) is 11.0. The number of hydrogen-bond acceptors (Lipinski definition) is 6. The van der Waals surface area contributed by atoms with Gasteiger partial charge in [-0.05, 0) is 24.3 Å². The number of nitrogens with one attached hydrogen (secondary N) is 1. The lowest BCUT2D eigenvalue weighted by molar-refractivity contribution is 0.0991. The Morgan fingerprint density at radius 3 is 2.45 bits per heavy atom. The number of hydrogen-bond donors (Lipinski definition) is 2. The number of methoxy groups -OCH3 is 2. The second-order valence-electron chi connectivity index (χ2n) is 4.18. The summed E-state index contributed by atoms with van der Waals surface area (Å²) in [5.41, 5.74) is 0.348. The van der Waals surface area contributed by atoms with Gasteiger partial charge in [-0.3, -0.25) is 4.79 Å². The molecule has 1 aromatic carbocycles. The van der Waals surface area contributed by atoms with E-state index >= 15 is 0 Å². The van der Waals surface area contributed by atoms with Crippen LogP contribution in [0.25, 0.3) is 0 Å². The van der Waals surface area contributed by atoms with Crippen LogP contribution in [0.4, 0.5) is 5.69 Å². The monoisotopic (exact) mass is 326 g/mol. The van der Waals surface area contributed by atoms with Crippen LogP contribution in [0.3, 0.4) is 0 Å². The summed E-state index contributed by atoms with van der Waals surface area (Å²) in [7, 11) is -1.07. The first-order valence-corrected chi connectivity index (χ1v) is 7.56. The second-order valence-corrected chi connectivity index (χ2v) is 5.68. The first-order valence-electron chi connectivity index (χ1n) is 6.01. The Balaban J connectivity index is 2.27. The summed E-state index contributed by atoms with van der Waals surface area (Å²) in [6.07, 6.45) is 0. The summed E-state index contributed by atoms with van der Waals surface area (Å²) < 4.78 is 37.4. The van der Waals surface area contributed by atoms with E-state index in [0.717, 1.165) is 6.07 Å². The highest BCUT2D eigenvalue weighted by Crippen LogP contribution is 2.29. The lowest BCUT2D eigenvalue weighted by Gasteiger charge is -2.10. The molecule has 2 rings (SSSR count). The minimum atomic E-state index is -4.00. The first kappa shape index (κ1) is 15.9. The highest BCUT2D eigenvalue weighted by atomic mass is 32.2. The van der Waals surface area contributed by atoms with Gasteiger partial charge in [-0.15, -0.1) is 0 Å².